The molecule has 2 saturated heterocycles. The molecule has 2 heterocycles. The van der Waals surface area contributed by atoms with Crippen LogP contribution in [-0.4, -0.2) is 91.1 Å². The zero-order valence-electron chi connectivity index (χ0n) is 18.7. The van der Waals surface area contributed by atoms with Crippen molar-refractivity contribution in [3.05, 3.63) is 23.8 Å². The first-order valence-corrected chi connectivity index (χ1v) is 11.0. The third kappa shape index (κ3) is 7.41. The minimum Gasteiger partial charge on any atom is -0.504 e. The highest BCUT2D eigenvalue weighted by Gasteiger charge is 2.24. The van der Waals surface area contributed by atoms with Gasteiger partial charge in [-0.25, -0.2) is 4.99 Å². The van der Waals surface area contributed by atoms with Crippen molar-refractivity contribution in [2.45, 2.75) is 32.7 Å². The first-order chi connectivity index (χ1) is 14.6. The molecule has 2 N–H and O–H groups in total. The van der Waals surface area contributed by atoms with Crippen LogP contribution in [0.1, 0.15) is 31.7 Å². The Kier molecular flexibility index (Phi) is 10.7. The minimum absolute atomic E-state index is 0. The Morgan fingerprint density at radius 3 is 2.42 bits per heavy atom. The number of carbonyl (C=O) groups excluding carboxylic acids is 1. The lowest BCUT2D eigenvalue weighted by atomic mass is 10.1. The second-order valence-electron chi connectivity index (χ2n) is 7.88. The molecule has 3 rings (SSSR count). The zero-order chi connectivity index (χ0) is 21.3. The Morgan fingerprint density at radius 1 is 1.10 bits per heavy atom. The van der Waals surface area contributed by atoms with Crippen molar-refractivity contribution < 1.29 is 14.6 Å². The van der Waals surface area contributed by atoms with Gasteiger partial charge in [-0.05, 0) is 43.9 Å². The fraction of sp³-hybridized carbons (Fsp3) is 0.636. The number of rotatable bonds is 6. The van der Waals surface area contributed by atoms with Gasteiger partial charge >= 0.3 is 0 Å². The summed E-state index contributed by atoms with van der Waals surface area (Å²) in [6.45, 7) is 9.07. The van der Waals surface area contributed by atoms with Gasteiger partial charge in [0.05, 0.1) is 20.2 Å². The van der Waals surface area contributed by atoms with E-state index in [1.54, 1.807) is 12.1 Å². The number of benzene rings is 1. The molecule has 9 heteroatoms. The van der Waals surface area contributed by atoms with Gasteiger partial charge < -0.3 is 25.0 Å². The van der Waals surface area contributed by atoms with Crippen LogP contribution in [0.5, 0.6) is 11.5 Å². The topological polar surface area (TPSA) is 80.6 Å². The van der Waals surface area contributed by atoms with Crippen molar-refractivity contribution in [1.29, 1.82) is 0 Å². The number of carbonyl (C=O) groups is 1. The molecule has 2 aliphatic heterocycles. The van der Waals surface area contributed by atoms with Gasteiger partial charge in [-0.2, -0.15) is 0 Å². The number of ether oxygens (including phenoxy) is 1. The monoisotopic (exact) mass is 545 g/mol. The Hall–Kier alpha value is -1.75. The predicted octanol–water partition coefficient (Wildman–Crippen LogP) is 2.11. The molecular formula is C22H36IN5O3. The Bertz CT molecular complexity index is 732. The van der Waals surface area contributed by atoms with E-state index in [-0.39, 0.29) is 35.6 Å². The number of amides is 1. The third-order valence-electron chi connectivity index (χ3n) is 5.73. The van der Waals surface area contributed by atoms with E-state index < -0.39 is 0 Å². The van der Waals surface area contributed by atoms with Crippen LogP contribution in [0.25, 0.3) is 0 Å². The van der Waals surface area contributed by atoms with Crippen LogP contribution in [0, 0.1) is 0 Å². The van der Waals surface area contributed by atoms with Crippen molar-refractivity contribution in [2.24, 2.45) is 4.99 Å². The highest BCUT2D eigenvalue weighted by atomic mass is 127. The molecule has 0 spiro atoms. The van der Waals surface area contributed by atoms with Gasteiger partial charge in [-0.3, -0.25) is 9.69 Å². The summed E-state index contributed by atoms with van der Waals surface area (Å²) in [5.41, 5.74) is 0.925. The maximum atomic E-state index is 12.5. The normalized spacial score (nSPS) is 17.8. The quantitative estimate of drug-likeness (QED) is 0.324. The van der Waals surface area contributed by atoms with Gasteiger partial charge in [0.25, 0.3) is 0 Å². The van der Waals surface area contributed by atoms with E-state index in [1.165, 1.54) is 13.5 Å². The minimum atomic E-state index is 0. The average molecular weight is 545 g/mol. The van der Waals surface area contributed by atoms with Crippen LogP contribution in [0.15, 0.2) is 23.2 Å². The maximum absolute atomic E-state index is 12.5. The SMILES string of the molecule is CCNC(=NCc1ccc(OC)c(O)c1)N1CCN(CC(=O)N2CCCCC2)CC1.I. The lowest BCUT2D eigenvalue weighted by molar-refractivity contribution is -0.133. The summed E-state index contributed by atoms with van der Waals surface area (Å²) >= 11 is 0. The van der Waals surface area contributed by atoms with E-state index >= 15 is 0 Å². The van der Waals surface area contributed by atoms with Crippen molar-refractivity contribution in [2.75, 3.05) is 59.5 Å². The van der Waals surface area contributed by atoms with Crippen molar-refractivity contribution in [3.63, 3.8) is 0 Å². The van der Waals surface area contributed by atoms with E-state index in [4.69, 9.17) is 9.73 Å². The number of nitrogens with zero attached hydrogens (tertiary/aromatic N) is 4. The van der Waals surface area contributed by atoms with Crippen LogP contribution in [0.2, 0.25) is 0 Å². The number of piperazine rings is 1. The second kappa shape index (κ2) is 12.9. The summed E-state index contributed by atoms with van der Waals surface area (Å²) in [6, 6.07) is 5.36. The van der Waals surface area contributed by atoms with Gasteiger partial charge in [-0.1, -0.05) is 6.07 Å². The van der Waals surface area contributed by atoms with E-state index in [0.717, 1.165) is 70.2 Å². The fourth-order valence-corrected chi connectivity index (χ4v) is 3.98. The number of aliphatic imine (C=N–C) groups is 1. The third-order valence-corrected chi connectivity index (χ3v) is 5.73. The van der Waals surface area contributed by atoms with Crippen molar-refractivity contribution >= 4 is 35.8 Å². The van der Waals surface area contributed by atoms with Gasteiger partial charge in [0.15, 0.2) is 17.5 Å². The number of nitrogens with one attached hydrogen (secondary N) is 1. The maximum Gasteiger partial charge on any atom is 0.236 e. The number of phenolic OH excluding ortho intramolecular Hbond substituents is 1. The number of likely N-dealkylation sites (tertiary alicyclic amines) is 1. The van der Waals surface area contributed by atoms with Gasteiger partial charge in [-0.15, -0.1) is 24.0 Å². The van der Waals surface area contributed by atoms with Crippen molar-refractivity contribution in [3.8, 4) is 11.5 Å². The van der Waals surface area contributed by atoms with E-state index in [0.29, 0.717) is 18.8 Å². The van der Waals surface area contributed by atoms with E-state index in [9.17, 15) is 9.90 Å². The summed E-state index contributed by atoms with van der Waals surface area (Å²) < 4.78 is 5.10. The number of hydrogen-bond acceptors (Lipinski definition) is 5. The molecule has 0 bridgehead atoms. The number of guanidine groups is 1. The van der Waals surface area contributed by atoms with Gasteiger partial charge in [0.1, 0.15) is 0 Å². The molecular weight excluding hydrogens is 509 g/mol. The predicted molar refractivity (Wildman–Crippen MR) is 133 cm³/mol. The Labute approximate surface area is 202 Å². The fourth-order valence-electron chi connectivity index (χ4n) is 3.98. The van der Waals surface area contributed by atoms with Crippen LogP contribution in [-0.2, 0) is 11.3 Å². The lowest BCUT2D eigenvalue weighted by Gasteiger charge is -2.37. The molecule has 2 fully saturated rings. The molecule has 0 aromatic heterocycles. The molecule has 0 radical (unpaired) electrons. The number of halogens is 1. The Balaban J connectivity index is 0.00000341. The molecule has 0 unspecified atom stereocenters. The van der Waals surface area contributed by atoms with E-state index in [1.807, 2.05) is 11.0 Å². The number of piperidine rings is 1. The van der Waals surface area contributed by atoms with Crippen LogP contribution < -0.4 is 10.1 Å². The standard InChI is InChI=1S/C22H35N5O3.HI/c1-3-23-22(24-16-18-7-8-20(30-2)19(28)15-18)27-13-11-25(12-14-27)17-21(29)26-9-5-4-6-10-26;/h7-8,15,28H,3-6,9-14,16-17H2,1-2H3,(H,23,24);1H. The number of hydrogen-bond donors (Lipinski definition) is 2. The van der Waals surface area contributed by atoms with Gasteiger partial charge in [0.2, 0.25) is 5.91 Å². The summed E-state index contributed by atoms with van der Waals surface area (Å²) in [6.07, 6.45) is 3.51. The molecule has 0 atom stereocenters. The van der Waals surface area contributed by atoms with Crippen LogP contribution >= 0.6 is 24.0 Å². The lowest BCUT2D eigenvalue weighted by Crippen LogP contribution is -2.54. The summed E-state index contributed by atoms with van der Waals surface area (Å²) in [7, 11) is 1.54. The molecule has 31 heavy (non-hydrogen) atoms. The van der Waals surface area contributed by atoms with Crippen LogP contribution in [0.4, 0.5) is 0 Å². The highest BCUT2D eigenvalue weighted by Crippen LogP contribution is 2.26. The first-order valence-electron chi connectivity index (χ1n) is 11.0. The zero-order valence-corrected chi connectivity index (χ0v) is 21.0. The number of phenols is 1. The summed E-state index contributed by atoms with van der Waals surface area (Å²) in [5.74, 6) is 1.73. The average Bonchev–Trinajstić information content (AvgIpc) is 2.78. The van der Waals surface area contributed by atoms with Crippen molar-refractivity contribution in [1.82, 2.24) is 20.0 Å². The molecule has 0 aliphatic carbocycles. The first kappa shape index (κ1) is 25.5. The largest absolute Gasteiger partial charge is 0.504 e. The molecule has 0 saturated carbocycles. The smallest absolute Gasteiger partial charge is 0.236 e. The van der Waals surface area contributed by atoms with Gasteiger partial charge in [0, 0.05) is 45.8 Å². The summed E-state index contributed by atoms with van der Waals surface area (Å²) in [5, 5.41) is 13.3. The Morgan fingerprint density at radius 2 is 1.81 bits per heavy atom. The van der Waals surface area contributed by atoms with Crippen LogP contribution in [0.3, 0.4) is 0 Å². The number of aromatic hydroxyl groups is 1. The molecule has 174 valence electrons. The molecule has 8 nitrogen and oxygen atoms in total. The summed E-state index contributed by atoms with van der Waals surface area (Å²) in [4.78, 5) is 23.8. The van der Waals surface area contributed by atoms with E-state index in [2.05, 4.69) is 22.0 Å². The molecule has 2 aliphatic rings. The molecule has 1 aromatic rings. The highest BCUT2D eigenvalue weighted by molar-refractivity contribution is 14.0. The second-order valence-corrected chi connectivity index (χ2v) is 7.88. The number of methoxy groups -OCH3 is 1. The molecule has 1 aromatic carbocycles. The molecule has 1 amide bonds.